The monoisotopic (exact) mass is 242 g/mol. The lowest BCUT2D eigenvalue weighted by molar-refractivity contribution is 0.0944. The van der Waals surface area contributed by atoms with E-state index in [1.165, 1.54) is 6.20 Å². The summed E-state index contributed by atoms with van der Waals surface area (Å²) in [5.74, 6) is -0.138. The van der Waals surface area contributed by atoms with Crippen LogP contribution in [-0.4, -0.2) is 30.6 Å². The van der Waals surface area contributed by atoms with Gasteiger partial charge in [0, 0.05) is 31.5 Å². The maximum Gasteiger partial charge on any atom is 0.251 e. The highest BCUT2D eigenvalue weighted by Crippen LogP contribution is 2.06. The minimum atomic E-state index is -0.138. The van der Waals surface area contributed by atoms with Gasteiger partial charge in [0.1, 0.15) is 5.15 Å². The van der Waals surface area contributed by atoms with E-state index in [1.54, 1.807) is 12.1 Å². The third-order valence-corrected chi connectivity index (χ3v) is 2.15. The smallest absolute Gasteiger partial charge is 0.251 e. The van der Waals surface area contributed by atoms with Gasteiger partial charge in [-0.3, -0.25) is 4.79 Å². The molecule has 88 valence electrons. The molecule has 5 heteroatoms. The number of nitrogens with one attached hydrogen (secondary N) is 1. The number of pyridine rings is 1. The van der Waals surface area contributed by atoms with Gasteiger partial charge in [-0.25, -0.2) is 4.98 Å². The summed E-state index contributed by atoms with van der Waals surface area (Å²) in [6.45, 7) is 3.90. The number of halogens is 1. The topological polar surface area (TPSA) is 51.2 Å². The second kappa shape index (κ2) is 7.19. The molecule has 0 unspecified atom stereocenters. The fourth-order valence-corrected chi connectivity index (χ4v) is 1.34. The lowest BCUT2D eigenvalue weighted by Crippen LogP contribution is -2.25. The predicted molar refractivity (Wildman–Crippen MR) is 62.7 cm³/mol. The fourth-order valence-electron chi connectivity index (χ4n) is 1.17. The van der Waals surface area contributed by atoms with Gasteiger partial charge in [0.25, 0.3) is 5.91 Å². The van der Waals surface area contributed by atoms with E-state index in [0.717, 1.165) is 6.42 Å². The Kier molecular flexibility index (Phi) is 5.82. The van der Waals surface area contributed by atoms with Crippen LogP contribution in [0.2, 0.25) is 5.15 Å². The highest BCUT2D eigenvalue weighted by molar-refractivity contribution is 6.29. The number of ether oxygens (including phenoxy) is 1. The van der Waals surface area contributed by atoms with Crippen LogP contribution in [0.3, 0.4) is 0 Å². The van der Waals surface area contributed by atoms with Gasteiger partial charge in [0.05, 0.1) is 0 Å². The summed E-state index contributed by atoms with van der Waals surface area (Å²) in [5.41, 5.74) is 0.524. The highest BCUT2D eigenvalue weighted by Gasteiger charge is 2.04. The van der Waals surface area contributed by atoms with E-state index in [9.17, 15) is 4.79 Å². The van der Waals surface area contributed by atoms with E-state index >= 15 is 0 Å². The quantitative estimate of drug-likeness (QED) is 0.612. The summed E-state index contributed by atoms with van der Waals surface area (Å²) < 4.78 is 5.16. The molecule has 0 fully saturated rings. The summed E-state index contributed by atoms with van der Waals surface area (Å²) in [7, 11) is 0. The molecule has 0 atom stereocenters. The first-order valence-corrected chi connectivity index (χ1v) is 5.59. The molecule has 0 saturated carbocycles. The number of hydrogen-bond donors (Lipinski definition) is 1. The maximum absolute atomic E-state index is 11.6. The molecule has 4 nitrogen and oxygen atoms in total. The lowest BCUT2D eigenvalue weighted by atomic mass is 10.2. The third kappa shape index (κ3) is 4.59. The molecule has 0 bridgehead atoms. The van der Waals surface area contributed by atoms with E-state index in [2.05, 4.69) is 10.3 Å². The van der Waals surface area contributed by atoms with E-state index in [0.29, 0.717) is 30.5 Å². The number of aromatic nitrogens is 1. The Labute approximate surface area is 100.0 Å². The van der Waals surface area contributed by atoms with Crippen molar-refractivity contribution in [2.45, 2.75) is 13.3 Å². The average molecular weight is 243 g/mol. The second-order valence-corrected chi connectivity index (χ2v) is 3.56. The molecule has 0 aliphatic heterocycles. The van der Waals surface area contributed by atoms with Crippen molar-refractivity contribution in [3.05, 3.63) is 29.0 Å². The van der Waals surface area contributed by atoms with Crippen molar-refractivity contribution in [1.29, 1.82) is 0 Å². The van der Waals surface area contributed by atoms with Gasteiger partial charge >= 0.3 is 0 Å². The zero-order chi connectivity index (χ0) is 11.8. The van der Waals surface area contributed by atoms with Crippen LogP contribution in [0.1, 0.15) is 23.7 Å². The number of rotatable bonds is 6. The van der Waals surface area contributed by atoms with Crippen molar-refractivity contribution < 1.29 is 9.53 Å². The number of carbonyl (C=O) groups is 1. The molecule has 16 heavy (non-hydrogen) atoms. The van der Waals surface area contributed by atoms with Crippen LogP contribution in [0.25, 0.3) is 0 Å². The van der Waals surface area contributed by atoms with Gasteiger partial charge in [0.15, 0.2) is 0 Å². The number of amides is 1. The van der Waals surface area contributed by atoms with Crippen LogP contribution in [0, 0.1) is 0 Å². The van der Waals surface area contributed by atoms with E-state index in [4.69, 9.17) is 16.3 Å². The Balaban J connectivity index is 2.30. The first kappa shape index (κ1) is 12.9. The normalized spacial score (nSPS) is 10.1. The van der Waals surface area contributed by atoms with Gasteiger partial charge in [-0.1, -0.05) is 11.6 Å². The molecule has 0 aliphatic carbocycles. The zero-order valence-electron chi connectivity index (χ0n) is 9.20. The Morgan fingerprint density at radius 2 is 2.44 bits per heavy atom. The van der Waals surface area contributed by atoms with Gasteiger partial charge in [0.2, 0.25) is 0 Å². The Morgan fingerprint density at radius 1 is 1.62 bits per heavy atom. The van der Waals surface area contributed by atoms with Gasteiger partial charge in [-0.2, -0.15) is 0 Å². The lowest BCUT2D eigenvalue weighted by Gasteiger charge is -2.05. The molecule has 1 amide bonds. The van der Waals surface area contributed by atoms with Crippen LogP contribution in [0.4, 0.5) is 0 Å². The summed E-state index contributed by atoms with van der Waals surface area (Å²) in [4.78, 5) is 15.4. The van der Waals surface area contributed by atoms with Crippen molar-refractivity contribution in [2.24, 2.45) is 0 Å². The van der Waals surface area contributed by atoms with Crippen molar-refractivity contribution >= 4 is 17.5 Å². The summed E-state index contributed by atoms with van der Waals surface area (Å²) >= 11 is 5.68. The number of hydrogen-bond acceptors (Lipinski definition) is 3. The minimum absolute atomic E-state index is 0.138. The zero-order valence-corrected chi connectivity index (χ0v) is 9.96. The summed E-state index contributed by atoms with van der Waals surface area (Å²) in [5, 5.41) is 3.10. The molecule has 1 rings (SSSR count). The highest BCUT2D eigenvalue weighted by atomic mass is 35.5. The molecular weight excluding hydrogens is 228 g/mol. The first-order chi connectivity index (χ1) is 7.74. The second-order valence-electron chi connectivity index (χ2n) is 3.17. The summed E-state index contributed by atoms with van der Waals surface area (Å²) in [6, 6.07) is 3.17. The molecule has 1 aromatic rings. The molecule has 0 aliphatic rings. The number of nitrogens with zero attached hydrogens (tertiary/aromatic N) is 1. The van der Waals surface area contributed by atoms with Crippen molar-refractivity contribution in [2.75, 3.05) is 19.8 Å². The van der Waals surface area contributed by atoms with Crippen LogP contribution < -0.4 is 5.32 Å². The van der Waals surface area contributed by atoms with Gasteiger partial charge in [-0.15, -0.1) is 0 Å². The molecule has 1 aromatic heterocycles. The largest absolute Gasteiger partial charge is 0.382 e. The standard InChI is InChI=1S/C11H15ClN2O2/c1-2-16-7-3-5-14-11(15)9-4-6-13-10(12)8-9/h4,6,8H,2-3,5,7H2,1H3,(H,14,15). The molecular formula is C11H15ClN2O2. The van der Waals surface area contributed by atoms with Crippen LogP contribution in [0.15, 0.2) is 18.3 Å². The minimum Gasteiger partial charge on any atom is -0.382 e. The van der Waals surface area contributed by atoms with Crippen molar-refractivity contribution in [1.82, 2.24) is 10.3 Å². The van der Waals surface area contributed by atoms with E-state index < -0.39 is 0 Å². The predicted octanol–water partition coefficient (Wildman–Crippen LogP) is 1.89. The Morgan fingerprint density at radius 3 is 3.12 bits per heavy atom. The van der Waals surface area contributed by atoms with Crippen molar-refractivity contribution in [3.63, 3.8) is 0 Å². The maximum atomic E-state index is 11.6. The van der Waals surface area contributed by atoms with E-state index in [-0.39, 0.29) is 5.91 Å². The molecule has 1 heterocycles. The molecule has 0 radical (unpaired) electrons. The molecule has 1 N–H and O–H groups in total. The van der Waals surface area contributed by atoms with Crippen LogP contribution in [0.5, 0.6) is 0 Å². The Hall–Kier alpha value is -1.13. The molecule has 0 saturated heterocycles. The SMILES string of the molecule is CCOCCCNC(=O)c1ccnc(Cl)c1. The van der Waals surface area contributed by atoms with Gasteiger partial charge < -0.3 is 10.1 Å². The van der Waals surface area contributed by atoms with Crippen LogP contribution in [-0.2, 0) is 4.74 Å². The van der Waals surface area contributed by atoms with Gasteiger partial charge in [-0.05, 0) is 25.5 Å². The average Bonchev–Trinajstić information content (AvgIpc) is 2.28. The van der Waals surface area contributed by atoms with Crippen LogP contribution >= 0.6 is 11.6 Å². The molecule has 0 aromatic carbocycles. The van der Waals surface area contributed by atoms with E-state index in [1.807, 2.05) is 6.92 Å². The number of carbonyl (C=O) groups excluding carboxylic acids is 1. The first-order valence-electron chi connectivity index (χ1n) is 5.21. The molecule has 0 spiro atoms. The fraction of sp³-hybridized carbons (Fsp3) is 0.455. The van der Waals surface area contributed by atoms with Crippen molar-refractivity contribution in [3.8, 4) is 0 Å². The Bertz CT molecular complexity index is 345. The summed E-state index contributed by atoms with van der Waals surface area (Å²) in [6.07, 6.45) is 2.32. The third-order valence-electron chi connectivity index (χ3n) is 1.94.